The van der Waals surface area contributed by atoms with Gasteiger partial charge in [0, 0.05) is 19.7 Å². The van der Waals surface area contributed by atoms with Crippen molar-refractivity contribution in [1.29, 1.82) is 0 Å². The van der Waals surface area contributed by atoms with Crippen LogP contribution in [0.25, 0.3) is 0 Å². The quantitative estimate of drug-likeness (QED) is 0.740. The molecule has 2 aliphatic rings. The zero-order valence-corrected chi connectivity index (χ0v) is 9.78. The molecule has 0 saturated carbocycles. The Morgan fingerprint density at radius 2 is 2.19 bits per heavy atom. The molecule has 0 spiro atoms. The molecule has 1 amide bonds. The van der Waals surface area contributed by atoms with Crippen molar-refractivity contribution in [3.8, 4) is 0 Å². The molecule has 2 rings (SSSR count). The predicted octanol–water partition coefficient (Wildman–Crippen LogP) is 1.29. The third kappa shape index (κ3) is 2.86. The number of rotatable bonds is 3. The van der Waals surface area contributed by atoms with Gasteiger partial charge in [-0.1, -0.05) is 0 Å². The summed E-state index contributed by atoms with van der Waals surface area (Å²) in [6.45, 7) is 4.42. The average Bonchev–Trinajstić information content (AvgIpc) is 2.95. The van der Waals surface area contributed by atoms with Gasteiger partial charge in [0.25, 0.3) is 0 Å². The molecule has 0 unspecified atom stereocenters. The zero-order chi connectivity index (χ0) is 11.4. The summed E-state index contributed by atoms with van der Waals surface area (Å²) >= 11 is 0. The van der Waals surface area contributed by atoms with Crippen LogP contribution in [0.1, 0.15) is 32.6 Å². The number of amides is 1. The number of carbonyl (C=O) groups is 1. The molecule has 0 aliphatic carbocycles. The summed E-state index contributed by atoms with van der Waals surface area (Å²) in [5, 5.41) is 0. The van der Waals surface area contributed by atoms with Gasteiger partial charge >= 0.3 is 6.09 Å². The third-order valence-corrected chi connectivity index (χ3v) is 3.22. The first kappa shape index (κ1) is 11.7. The minimum absolute atomic E-state index is 0.0639. The summed E-state index contributed by atoms with van der Waals surface area (Å²) < 4.78 is 5.51. The Balaban J connectivity index is 1.67. The minimum Gasteiger partial charge on any atom is -0.376 e. The number of nitrogens with one attached hydrogen (secondary N) is 1. The Kier molecular flexibility index (Phi) is 4.01. The normalized spacial score (nSPS) is 27.1. The molecule has 0 radical (unpaired) electrons. The number of hydrogen-bond donors (Lipinski definition) is 1. The van der Waals surface area contributed by atoms with E-state index in [2.05, 4.69) is 5.48 Å². The van der Waals surface area contributed by atoms with Gasteiger partial charge in [0.1, 0.15) is 0 Å². The first-order chi connectivity index (χ1) is 7.77. The first-order valence-corrected chi connectivity index (χ1v) is 6.10. The molecule has 2 fully saturated rings. The van der Waals surface area contributed by atoms with Crippen molar-refractivity contribution in [3.63, 3.8) is 0 Å². The lowest BCUT2D eigenvalue weighted by molar-refractivity contribution is 0.000751. The lowest BCUT2D eigenvalue weighted by Crippen LogP contribution is -2.41. The highest BCUT2D eigenvalue weighted by molar-refractivity contribution is 5.67. The second kappa shape index (κ2) is 5.50. The van der Waals surface area contributed by atoms with E-state index in [0.29, 0.717) is 0 Å². The van der Waals surface area contributed by atoms with E-state index in [1.807, 2.05) is 6.92 Å². The zero-order valence-electron chi connectivity index (χ0n) is 9.78. The Morgan fingerprint density at radius 3 is 2.81 bits per heavy atom. The van der Waals surface area contributed by atoms with Crippen LogP contribution in [0.15, 0.2) is 0 Å². The summed E-state index contributed by atoms with van der Waals surface area (Å²) in [6.07, 6.45) is 4.20. The molecule has 0 aromatic heterocycles. The monoisotopic (exact) mass is 228 g/mol. The number of ether oxygens (including phenoxy) is 1. The minimum atomic E-state index is -0.262. The van der Waals surface area contributed by atoms with E-state index in [-0.39, 0.29) is 18.2 Å². The Labute approximate surface area is 96.0 Å². The van der Waals surface area contributed by atoms with Crippen LogP contribution in [-0.2, 0) is 9.57 Å². The van der Waals surface area contributed by atoms with Crippen LogP contribution in [0, 0.1) is 0 Å². The highest BCUT2D eigenvalue weighted by atomic mass is 16.7. The Hall–Kier alpha value is -0.810. The maximum absolute atomic E-state index is 11.6. The lowest BCUT2D eigenvalue weighted by atomic mass is 10.1. The largest absolute Gasteiger partial charge is 0.428 e. The smallest absolute Gasteiger partial charge is 0.376 e. The molecule has 5 heteroatoms. The van der Waals surface area contributed by atoms with E-state index in [1.54, 1.807) is 4.90 Å². The summed E-state index contributed by atoms with van der Waals surface area (Å²) in [4.78, 5) is 18.4. The number of carbonyl (C=O) groups excluding carboxylic acids is 1. The SMILES string of the molecule is C[C@H](NOC(=O)N1CCCC1)[C@@H]1CCCO1. The van der Waals surface area contributed by atoms with Gasteiger partial charge in [-0.2, -0.15) is 0 Å². The fourth-order valence-corrected chi connectivity index (χ4v) is 2.18. The number of nitrogens with zero attached hydrogens (tertiary/aromatic N) is 1. The van der Waals surface area contributed by atoms with E-state index >= 15 is 0 Å². The second-order valence-corrected chi connectivity index (χ2v) is 4.52. The van der Waals surface area contributed by atoms with Crippen LogP contribution < -0.4 is 5.48 Å². The molecular weight excluding hydrogens is 208 g/mol. The number of hydroxylamine groups is 1. The van der Waals surface area contributed by atoms with Crippen molar-refractivity contribution in [2.45, 2.75) is 44.8 Å². The Morgan fingerprint density at radius 1 is 1.44 bits per heavy atom. The predicted molar refractivity (Wildman–Crippen MR) is 58.9 cm³/mol. The molecule has 0 aromatic rings. The summed E-state index contributed by atoms with van der Waals surface area (Å²) in [7, 11) is 0. The van der Waals surface area contributed by atoms with Crippen LogP contribution in [0.4, 0.5) is 4.79 Å². The Bertz CT molecular complexity index is 235. The number of hydrogen-bond acceptors (Lipinski definition) is 4. The topological polar surface area (TPSA) is 50.8 Å². The van der Waals surface area contributed by atoms with Gasteiger partial charge in [-0.25, -0.2) is 4.79 Å². The van der Waals surface area contributed by atoms with Crippen molar-refractivity contribution in [2.75, 3.05) is 19.7 Å². The third-order valence-electron chi connectivity index (χ3n) is 3.22. The van der Waals surface area contributed by atoms with E-state index in [4.69, 9.17) is 9.57 Å². The van der Waals surface area contributed by atoms with Crippen molar-refractivity contribution >= 4 is 6.09 Å². The van der Waals surface area contributed by atoms with Crippen molar-refractivity contribution in [2.24, 2.45) is 0 Å². The summed E-state index contributed by atoms with van der Waals surface area (Å²) in [6, 6.07) is 0.0639. The van der Waals surface area contributed by atoms with Crippen molar-refractivity contribution in [1.82, 2.24) is 10.4 Å². The fourth-order valence-electron chi connectivity index (χ4n) is 2.18. The van der Waals surface area contributed by atoms with Gasteiger partial charge in [0.05, 0.1) is 12.1 Å². The van der Waals surface area contributed by atoms with E-state index in [9.17, 15) is 4.79 Å². The van der Waals surface area contributed by atoms with E-state index < -0.39 is 0 Å². The summed E-state index contributed by atoms with van der Waals surface area (Å²) in [5.74, 6) is 0. The van der Waals surface area contributed by atoms with Gasteiger partial charge in [0.2, 0.25) is 0 Å². The molecule has 2 aliphatic heterocycles. The fraction of sp³-hybridized carbons (Fsp3) is 0.909. The molecule has 2 heterocycles. The van der Waals surface area contributed by atoms with Gasteiger partial charge in [-0.15, -0.1) is 5.48 Å². The van der Waals surface area contributed by atoms with E-state index in [1.165, 1.54) is 0 Å². The molecular formula is C11H20N2O3. The summed E-state index contributed by atoms with van der Waals surface area (Å²) in [5.41, 5.74) is 2.78. The standard InChI is InChI=1S/C11H20N2O3/c1-9(10-5-4-8-15-10)12-16-11(14)13-6-2-3-7-13/h9-10,12H,2-8H2,1H3/t9-,10-/m0/s1. The molecule has 1 N–H and O–H groups in total. The van der Waals surface area contributed by atoms with Crippen molar-refractivity contribution < 1.29 is 14.4 Å². The van der Waals surface area contributed by atoms with Gasteiger partial charge in [-0.3, -0.25) is 0 Å². The van der Waals surface area contributed by atoms with Crippen molar-refractivity contribution in [3.05, 3.63) is 0 Å². The molecule has 92 valence electrons. The van der Waals surface area contributed by atoms with Gasteiger partial charge in [-0.05, 0) is 32.6 Å². The highest BCUT2D eigenvalue weighted by Crippen LogP contribution is 2.15. The maximum Gasteiger partial charge on any atom is 0.428 e. The maximum atomic E-state index is 11.6. The lowest BCUT2D eigenvalue weighted by Gasteiger charge is -2.21. The average molecular weight is 228 g/mol. The molecule has 5 nitrogen and oxygen atoms in total. The molecule has 0 bridgehead atoms. The first-order valence-electron chi connectivity index (χ1n) is 6.10. The van der Waals surface area contributed by atoms with Crippen LogP contribution in [0.5, 0.6) is 0 Å². The van der Waals surface area contributed by atoms with Crippen LogP contribution in [0.3, 0.4) is 0 Å². The molecule has 2 atom stereocenters. The molecule has 0 aromatic carbocycles. The van der Waals surface area contributed by atoms with Crippen LogP contribution >= 0.6 is 0 Å². The highest BCUT2D eigenvalue weighted by Gasteiger charge is 2.25. The second-order valence-electron chi connectivity index (χ2n) is 4.52. The van der Waals surface area contributed by atoms with Crippen LogP contribution in [0.2, 0.25) is 0 Å². The molecule has 2 saturated heterocycles. The van der Waals surface area contributed by atoms with Gasteiger partial charge in [0.15, 0.2) is 0 Å². The van der Waals surface area contributed by atoms with Gasteiger partial charge < -0.3 is 14.5 Å². The molecule has 16 heavy (non-hydrogen) atoms. The van der Waals surface area contributed by atoms with E-state index in [0.717, 1.165) is 45.4 Å². The van der Waals surface area contributed by atoms with Crippen LogP contribution in [-0.4, -0.2) is 42.8 Å². The number of likely N-dealkylation sites (tertiary alicyclic amines) is 1.